The van der Waals surface area contributed by atoms with Gasteiger partial charge in [0.2, 0.25) is 0 Å². The predicted molar refractivity (Wildman–Crippen MR) is 88.5 cm³/mol. The largest absolute Gasteiger partial charge is 0.496 e. The Morgan fingerprint density at radius 1 is 1.04 bits per heavy atom. The second-order valence-electron chi connectivity index (χ2n) is 4.76. The molecule has 2 aromatic rings. The number of aryl methyl sites for hydroxylation is 1. The number of anilines is 1. The Bertz CT molecular complexity index is 724. The average Bonchev–Trinajstić information content (AvgIpc) is 2.57. The summed E-state index contributed by atoms with van der Waals surface area (Å²) in [5, 5.41) is 6.25. The summed E-state index contributed by atoms with van der Waals surface area (Å²) < 4.78 is 5.16. The molecule has 0 saturated carbocycles. The molecular formula is C17H17N3O3. The van der Waals surface area contributed by atoms with Crippen LogP contribution in [0.15, 0.2) is 53.6 Å². The van der Waals surface area contributed by atoms with E-state index < -0.39 is 11.8 Å². The molecule has 2 amide bonds. The lowest BCUT2D eigenvalue weighted by Crippen LogP contribution is -2.32. The third kappa shape index (κ3) is 4.67. The van der Waals surface area contributed by atoms with Gasteiger partial charge in [0.25, 0.3) is 0 Å². The van der Waals surface area contributed by atoms with Crippen molar-refractivity contribution < 1.29 is 14.3 Å². The van der Waals surface area contributed by atoms with Crippen LogP contribution in [0.4, 0.5) is 5.69 Å². The van der Waals surface area contributed by atoms with E-state index in [1.807, 2.05) is 31.2 Å². The number of carbonyl (C=O) groups excluding carboxylic acids is 2. The van der Waals surface area contributed by atoms with Gasteiger partial charge in [0.15, 0.2) is 0 Å². The highest BCUT2D eigenvalue weighted by atomic mass is 16.5. The first-order chi connectivity index (χ1) is 11.1. The van der Waals surface area contributed by atoms with Gasteiger partial charge in [-0.05, 0) is 31.2 Å². The second-order valence-corrected chi connectivity index (χ2v) is 4.76. The summed E-state index contributed by atoms with van der Waals surface area (Å²) >= 11 is 0. The van der Waals surface area contributed by atoms with Gasteiger partial charge in [-0.1, -0.05) is 29.8 Å². The first-order valence-corrected chi connectivity index (χ1v) is 6.94. The van der Waals surface area contributed by atoms with Crippen LogP contribution in [0.3, 0.4) is 0 Å². The van der Waals surface area contributed by atoms with Crippen LogP contribution in [0.1, 0.15) is 11.1 Å². The van der Waals surface area contributed by atoms with Crippen LogP contribution >= 0.6 is 0 Å². The molecule has 0 fully saturated rings. The average molecular weight is 311 g/mol. The van der Waals surface area contributed by atoms with Crippen LogP contribution in [-0.4, -0.2) is 25.1 Å². The molecule has 6 nitrogen and oxygen atoms in total. The molecule has 0 saturated heterocycles. The molecular weight excluding hydrogens is 294 g/mol. The normalized spacial score (nSPS) is 10.3. The van der Waals surface area contributed by atoms with Gasteiger partial charge in [-0.15, -0.1) is 0 Å². The molecule has 2 aromatic carbocycles. The molecule has 0 aliphatic rings. The van der Waals surface area contributed by atoms with Gasteiger partial charge in [-0.2, -0.15) is 5.10 Å². The molecule has 0 aliphatic heterocycles. The zero-order chi connectivity index (χ0) is 16.7. The van der Waals surface area contributed by atoms with Gasteiger partial charge in [0, 0.05) is 11.3 Å². The van der Waals surface area contributed by atoms with Crippen molar-refractivity contribution in [1.29, 1.82) is 0 Å². The summed E-state index contributed by atoms with van der Waals surface area (Å²) in [6.07, 6.45) is 1.41. The number of benzene rings is 2. The number of nitrogens with one attached hydrogen (secondary N) is 2. The van der Waals surface area contributed by atoms with Gasteiger partial charge < -0.3 is 10.1 Å². The Morgan fingerprint density at radius 2 is 1.74 bits per heavy atom. The number of hydrazone groups is 1. The molecule has 0 aliphatic carbocycles. The Balaban J connectivity index is 1.92. The van der Waals surface area contributed by atoms with Crippen LogP contribution in [-0.2, 0) is 9.59 Å². The summed E-state index contributed by atoms with van der Waals surface area (Å²) in [5.74, 6) is -1.02. The summed E-state index contributed by atoms with van der Waals surface area (Å²) in [6.45, 7) is 1.94. The molecule has 0 atom stereocenters. The fourth-order valence-electron chi connectivity index (χ4n) is 1.81. The fraction of sp³-hybridized carbons (Fsp3) is 0.118. The Hall–Kier alpha value is -3.15. The van der Waals surface area contributed by atoms with Crippen molar-refractivity contribution in [2.45, 2.75) is 6.92 Å². The number of rotatable bonds is 4. The van der Waals surface area contributed by atoms with Crippen molar-refractivity contribution in [3.63, 3.8) is 0 Å². The smallest absolute Gasteiger partial charge is 0.329 e. The maximum atomic E-state index is 11.7. The second kappa shape index (κ2) is 7.74. The molecule has 6 heteroatoms. The van der Waals surface area contributed by atoms with Crippen LogP contribution < -0.4 is 15.5 Å². The first-order valence-electron chi connectivity index (χ1n) is 6.94. The van der Waals surface area contributed by atoms with Crippen molar-refractivity contribution in [2.75, 3.05) is 12.4 Å². The Labute approximate surface area is 134 Å². The van der Waals surface area contributed by atoms with E-state index in [1.54, 1.807) is 31.4 Å². The number of ether oxygens (including phenoxy) is 1. The molecule has 0 bridgehead atoms. The number of methoxy groups -OCH3 is 1. The number of para-hydroxylation sites is 1. The third-order valence-corrected chi connectivity index (χ3v) is 3.02. The molecule has 0 radical (unpaired) electrons. The monoisotopic (exact) mass is 311 g/mol. The highest BCUT2D eigenvalue weighted by Gasteiger charge is 2.12. The number of amides is 2. The lowest BCUT2D eigenvalue weighted by molar-refractivity contribution is -0.136. The van der Waals surface area contributed by atoms with Crippen molar-refractivity contribution >= 4 is 23.7 Å². The van der Waals surface area contributed by atoms with Gasteiger partial charge in [-0.3, -0.25) is 9.59 Å². The Morgan fingerprint density at radius 3 is 2.43 bits per heavy atom. The van der Waals surface area contributed by atoms with Crippen molar-refractivity contribution in [1.82, 2.24) is 5.43 Å². The zero-order valence-corrected chi connectivity index (χ0v) is 12.9. The standard InChI is InChI=1S/C17H17N3O3/c1-12-7-9-14(10-8-12)19-16(21)17(22)20-18-11-13-5-3-4-6-15(13)23-2/h3-11H,1-2H3,(H,19,21)(H,20,22)/b18-11-. The third-order valence-electron chi connectivity index (χ3n) is 3.02. The minimum atomic E-state index is -0.850. The summed E-state index contributed by atoms with van der Waals surface area (Å²) in [5.41, 5.74) is 4.48. The summed E-state index contributed by atoms with van der Waals surface area (Å²) in [7, 11) is 1.54. The quantitative estimate of drug-likeness (QED) is 0.515. The topological polar surface area (TPSA) is 79.8 Å². The van der Waals surface area contributed by atoms with Gasteiger partial charge in [0.05, 0.1) is 13.3 Å². The number of carbonyl (C=O) groups is 2. The molecule has 0 aromatic heterocycles. The van der Waals surface area contributed by atoms with Crippen LogP contribution in [0.2, 0.25) is 0 Å². The number of hydrogen-bond donors (Lipinski definition) is 2. The van der Waals surface area contributed by atoms with Crippen LogP contribution in [0.25, 0.3) is 0 Å². The van der Waals surface area contributed by atoms with Crippen LogP contribution in [0.5, 0.6) is 5.75 Å². The van der Waals surface area contributed by atoms with Crippen molar-refractivity contribution in [3.8, 4) is 5.75 Å². The van der Waals surface area contributed by atoms with E-state index >= 15 is 0 Å². The molecule has 0 spiro atoms. The van der Waals surface area contributed by atoms with E-state index in [2.05, 4.69) is 15.8 Å². The van der Waals surface area contributed by atoms with E-state index in [-0.39, 0.29) is 0 Å². The first kappa shape index (κ1) is 16.2. The molecule has 0 heterocycles. The predicted octanol–water partition coefficient (Wildman–Crippen LogP) is 2.09. The summed E-state index contributed by atoms with van der Waals surface area (Å²) in [4.78, 5) is 23.4. The molecule has 2 rings (SSSR count). The van der Waals surface area contributed by atoms with E-state index in [0.717, 1.165) is 5.56 Å². The van der Waals surface area contributed by atoms with Crippen molar-refractivity contribution in [3.05, 3.63) is 59.7 Å². The summed E-state index contributed by atoms with van der Waals surface area (Å²) in [6, 6.07) is 14.3. The number of nitrogens with zero attached hydrogens (tertiary/aromatic N) is 1. The lowest BCUT2D eigenvalue weighted by atomic mass is 10.2. The molecule has 118 valence electrons. The minimum Gasteiger partial charge on any atom is -0.496 e. The zero-order valence-electron chi connectivity index (χ0n) is 12.9. The van der Waals surface area contributed by atoms with Crippen molar-refractivity contribution in [2.24, 2.45) is 5.10 Å². The fourth-order valence-corrected chi connectivity index (χ4v) is 1.81. The van der Waals surface area contributed by atoms with Gasteiger partial charge >= 0.3 is 11.8 Å². The van der Waals surface area contributed by atoms with E-state index in [0.29, 0.717) is 17.0 Å². The van der Waals surface area contributed by atoms with Gasteiger partial charge in [-0.25, -0.2) is 5.43 Å². The lowest BCUT2D eigenvalue weighted by Gasteiger charge is -2.05. The molecule has 0 unspecified atom stereocenters. The van der Waals surface area contributed by atoms with E-state index in [1.165, 1.54) is 6.21 Å². The highest BCUT2D eigenvalue weighted by Crippen LogP contribution is 2.14. The van der Waals surface area contributed by atoms with Gasteiger partial charge in [0.1, 0.15) is 5.75 Å². The molecule has 23 heavy (non-hydrogen) atoms. The van der Waals surface area contributed by atoms with Crippen LogP contribution in [0, 0.1) is 6.92 Å². The SMILES string of the molecule is COc1ccccc1/C=N\NC(=O)C(=O)Nc1ccc(C)cc1. The number of hydrogen-bond acceptors (Lipinski definition) is 4. The highest BCUT2D eigenvalue weighted by molar-refractivity contribution is 6.39. The maximum Gasteiger partial charge on any atom is 0.329 e. The minimum absolute atomic E-state index is 0.546. The molecule has 2 N–H and O–H groups in total. The van der Waals surface area contributed by atoms with E-state index in [4.69, 9.17) is 4.74 Å². The Kier molecular flexibility index (Phi) is 5.46. The van der Waals surface area contributed by atoms with E-state index in [9.17, 15) is 9.59 Å². The maximum absolute atomic E-state index is 11.7.